The molecule has 0 aromatic heterocycles. The molecule has 0 bridgehead atoms. The minimum Gasteiger partial charge on any atom is -0.478 e. The Morgan fingerprint density at radius 3 is 2.03 bits per heavy atom. The largest absolute Gasteiger partial charge is 0.478 e. The molecule has 1 aliphatic carbocycles. The lowest BCUT2D eigenvalue weighted by atomic mass is 9.95. The summed E-state index contributed by atoms with van der Waals surface area (Å²) in [4.78, 5) is 24.6. The van der Waals surface area contributed by atoms with E-state index in [2.05, 4.69) is 18.2 Å². The van der Waals surface area contributed by atoms with Gasteiger partial charge in [-0.15, -0.1) is 0 Å². The van der Waals surface area contributed by atoms with E-state index in [0.717, 1.165) is 29.0 Å². The molecule has 0 spiro atoms. The number of aromatic carboxylic acids is 1. The Balaban J connectivity index is 0.00000133. The van der Waals surface area contributed by atoms with Gasteiger partial charge in [-0.25, -0.2) is 4.79 Å². The number of rotatable bonds is 5. The first-order chi connectivity index (χ1) is 16.5. The molecule has 0 heterocycles. The Bertz CT molecular complexity index is 1370. The van der Waals surface area contributed by atoms with E-state index in [9.17, 15) is 14.7 Å². The lowest BCUT2D eigenvalue weighted by molar-refractivity contribution is 0.0693. The molecule has 4 aromatic carbocycles. The maximum atomic E-state index is 13.1. The third-order valence-electron chi connectivity index (χ3n) is 5.93. The van der Waals surface area contributed by atoms with Crippen molar-refractivity contribution in [3.05, 3.63) is 129 Å². The molecule has 1 aliphatic rings. The van der Waals surface area contributed by atoms with Gasteiger partial charge in [0.2, 0.25) is 0 Å². The second-order valence-electron chi connectivity index (χ2n) is 8.02. The first-order valence-corrected chi connectivity index (χ1v) is 11.7. The Kier molecular flexibility index (Phi) is 6.95. The van der Waals surface area contributed by atoms with Crippen molar-refractivity contribution < 1.29 is 14.7 Å². The molecule has 0 atom stereocenters. The zero-order chi connectivity index (χ0) is 24.2. The van der Waals surface area contributed by atoms with Crippen LogP contribution in [0.3, 0.4) is 0 Å². The third kappa shape index (κ3) is 4.66. The van der Waals surface area contributed by atoms with Crippen LogP contribution in [0, 0.1) is 0 Å². The van der Waals surface area contributed by atoms with E-state index in [-0.39, 0.29) is 16.9 Å². The lowest BCUT2D eigenvalue weighted by Gasteiger charge is -2.08. The first kappa shape index (κ1) is 23.5. The molecule has 0 radical (unpaired) electrons. The van der Waals surface area contributed by atoms with Crippen molar-refractivity contribution in [1.29, 1.82) is 0 Å². The minimum atomic E-state index is -1.10. The second kappa shape index (κ2) is 10.1. The predicted molar refractivity (Wildman–Crippen MR) is 137 cm³/mol. The van der Waals surface area contributed by atoms with Crippen LogP contribution in [0.15, 0.2) is 84.9 Å². The number of carboxylic acid groups (broad SMARTS) is 1. The van der Waals surface area contributed by atoms with Gasteiger partial charge in [-0.3, -0.25) is 4.79 Å². The highest BCUT2D eigenvalue weighted by Crippen LogP contribution is 2.38. The Morgan fingerprint density at radius 2 is 1.35 bits per heavy atom. The Morgan fingerprint density at radius 1 is 0.765 bits per heavy atom. The SMILES string of the molecule is CC.O=C(O)c1ccccc1C(=O)c1ccc2c(c1)Cc1cc(Cc3ccc(Cl)cc3)ccc1-2. The van der Waals surface area contributed by atoms with Crippen LogP contribution in [0.4, 0.5) is 0 Å². The Hall–Kier alpha value is -3.69. The van der Waals surface area contributed by atoms with Gasteiger partial charge < -0.3 is 5.11 Å². The van der Waals surface area contributed by atoms with Crippen molar-refractivity contribution in [3.63, 3.8) is 0 Å². The van der Waals surface area contributed by atoms with E-state index in [1.807, 2.05) is 50.2 Å². The smallest absolute Gasteiger partial charge is 0.336 e. The van der Waals surface area contributed by atoms with Gasteiger partial charge in [0.1, 0.15) is 0 Å². The summed E-state index contributed by atoms with van der Waals surface area (Å²) in [5.74, 6) is -1.37. The summed E-state index contributed by atoms with van der Waals surface area (Å²) in [7, 11) is 0. The highest BCUT2D eigenvalue weighted by Gasteiger charge is 2.22. The molecule has 4 heteroatoms. The fraction of sp³-hybridized carbons (Fsp3) is 0.133. The van der Waals surface area contributed by atoms with Crippen LogP contribution in [-0.2, 0) is 12.8 Å². The lowest BCUT2D eigenvalue weighted by Crippen LogP contribution is -2.09. The molecule has 0 saturated heterocycles. The number of fused-ring (bicyclic) bond motifs is 3. The summed E-state index contributed by atoms with van der Waals surface area (Å²) in [6.07, 6.45) is 1.58. The van der Waals surface area contributed by atoms with Gasteiger partial charge in [-0.05, 0) is 70.5 Å². The number of halogens is 1. The molecular formula is C30H25ClO3. The van der Waals surface area contributed by atoms with Gasteiger partial charge in [0, 0.05) is 16.1 Å². The summed E-state index contributed by atoms with van der Waals surface area (Å²) >= 11 is 5.99. The number of carboxylic acids is 1. The molecule has 170 valence electrons. The molecule has 3 nitrogen and oxygen atoms in total. The van der Waals surface area contributed by atoms with Crippen LogP contribution in [0.2, 0.25) is 5.02 Å². The number of ketones is 1. The van der Waals surface area contributed by atoms with Gasteiger partial charge in [-0.2, -0.15) is 0 Å². The maximum absolute atomic E-state index is 13.1. The number of carbonyl (C=O) groups excluding carboxylic acids is 1. The number of hydrogen-bond donors (Lipinski definition) is 1. The minimum absolute atomic E-state index is 0.0214. The standard InChI is InChI=1S/C28H19ClO3.C2H6/c29-22-9-5-17(6-10-22)13-18-7-11-23-20(14-18)16-21-15-19(8-12-24(21)23)27(30)25-3-1-2-4-26(25)28(31)32;1-2/h1-12,14-15H,13,16H2,(H,31,32);1-2H3. The van der Waals surface area contributed by atoms with E-state index in [1.165, 1.54) is 28.3 Å². The molecule has 34 heavy (non-hydrogen) atoms. The van der Waals surface area contributed by atoms with E-state index >= 15 is 0 Å². The summed E-state index contributed by atoms with van der Waals surface area (Å²) in [6, 6.07) is 26.4. The molecule has 0 amide bonds. The zero-order valence-electron chi connectivity index (χ0n) is 19.1. The topological polar surface area (TPSA) is 54.4 Å². The zero-order valence-corrected chi connectivity index (χ0v) is 19.9. The van der Waals surface area contributed by atoms with Crippen molar-refractivity contribution in [2.24, 2.45) is 0 Å². The highest BCUT2D eigenvalue weighted by molar-refractivity contribution is 6.30. The molecule has 4 aromatic rings. The Labute approximate surface area is 204 Å². The molecule has 0 unspecified atom stereocenters. The van der Waals surface area contributed by atoms with Crippen LogP contribution in [0.1, 0.15) is 62.4 Å². The van der Waals surface area contributed by atoms with E-state index in [1.54, 1.807) is 24.3 Å². The number of benzene rings is 4. The highest BCUT2D eigenvalue weighted by atomic mass is 35.5. The van der Waals surface area contributed by atoms with E-state index in [0.29, 0.717) is 5.56 Å². The van der Waals surface area contributed by atoms with Crippen molar-refractivity contribution in [3.8, 4) is 11.1 Å². The van der Waals surface area contributed by atoms with Crippen molar-refractivity contribution in [2.45, 2.75) is 26.7 Å². The molecule has 0 saturated carbocycles. The van der Waals surface area contributed by atoms with Crippen LogP contribution < -0.4 is 0 Å². The fourth-order valence-corrected chi connectivity index (χ4v) is 4.50. The monoisotopic (exact) mass is 468 g/mol. The van der Waals surface area contributed by atoms with Gasteiger partial charge in [0.25, 0.3) is 0 Å². The molecule has 0 fully saturated rings. The van der Waals surface area contributed by atoms with Crippen LogP contribution >= 0.6 is 11.6 Å². The van der Waals surface area contributed by atoms with Crippen molar-refractivity contribution in [2.75, 3.05) is 0 Å². The number of carbonyl (C=O) groups is 2. The van der Waals surface area contributed by atoms with Crippen LogP contribution in [0.25, 0.3) is 11.1 Å². The van der Waals surface area contributed by atoms with Crippen LogP contribution in [0.5, 0.6) is 0 Å². The summed E-state index contributed by atoms with van der Waals surface area (Å²) < 4.78 is 0. The van der Waals surface area contributed by atoms with Gasteiger partial charge >= 0.3 is 5.97 Å². The summed E-state index contributed by atoms with van der Waals surface area (Å²) in [5, 5.41) is 10.2. The van der Waals surface area contributed by atoms with Gasteiger partial charge in [0.15, 0.2) is 5.78 Å². The maximum Gasteiger partial charge on any atom is 0.336 e. The average molecular weight is 469 g/mol. The van der Waals surface area contributed by atoms with Gasteiger partial charge in [-0.1, -0.05) is 86.1 Å². The van der Waals surface area contributed by atoms with Crippen LogP contribution in [-0.4, -0.2) is 16.9 Å². The summed E-state index contributed by atoms with van der Waals surface area (Å²) in [6.45, 7) is 4.00. The molecule has 5 rings (SSSR count). The van der Waals surface area contributed by atoms with E-state index < -0.39 is 5.97 Å². The average Bonchev–Trinajstić information content (AvgIpc) is 3.23. The van der Waals surface area contributed by atoms with Crippen molar-refractivity contribution in [1.82, 2.24) is 0 Å². The molecule has 0 aliphatic heterocycles. The first-order valence-electron chi connectivity index (χ1n) is 11.4. The van der Waals surface area contributed by atoms with E-state index in [4.69, 9.17) is 11.6 Å². The molecular weight excluding hydrogens is 444 g/mol. The summed E-state index contributed by atoms with van der Waals surface area (Å²) in [5.41, 5.74) is 7.80. The van der Waals surface area contributed by atoms with Crippen molar-refractivity contribution >= 4 is 23.4 Å². The predicted octanol–water partition coefficient (Wildman–Crippen LogP) is 7.46. The number of hydrogen-bond acceptors (Lipinski definition) is 2. The second-order valence-corrected chi connectivity index (χ2v) is 8.46. The fourth-order valence-electron chi connectivity index (χ4n) is 4.38. The molecule has 1 N–H and O–H groups in total. The quantitative estimate of drug-likeness (QED) is 0.272. The third-order valence-corrected chi connectivity index (χ3v) is 6.18. The van der Waals surface area contributed by atoms with Gasteiger partial charge in [0.05, 0.1) is 5.56 Å². The normalized spacial score (nSPS) is 11.1.